The minimum Gasteiger partial charge on any atom is -0.327 e. The number of carbonyl (C=O) groups is 3. The Morgan fingerprint density at radius 1 is 0.850 bits per heavy atom. The van der Waals surface area contributed by atoms with Crippen LogP contribution in [0.25, 0.3) is 0 Å². The summed E-state index contributed by atoms with van der Waals surface area (Å²) in [4.78, 5) is 43.9. The number of hydrogen-bond donors (Lipinski definition) is 3. The highest BCUT2D eigenvalue weighted by Gasteiger charge is 2.29. The van der Waals surface area contributed by atoms with Crippen molar-refractivity contribution in [1.29, 1.82) is 0 Å². The third-order valence-electron chi connectivity index (χ3n) is 6.45. The maximum Gasteiger partial charge on any atom is 0.232 e. The Labute approximate surface area is 238 Å². The highest BCUT2D eigenvalue weighted by Crippen LogP contribution is 2.43. The first-order chi connectivity index (χ1) is 19.4. The number of nitrogens with zero attached hydrogens (tertiary/aromatic N) is 6. The molecule has 4 heterocycles. The maximum absolute atomic E-state index is 12.5. The highest BCUT2D eigenvalue weighted by molar-refractivity contribution is 7.15. The summed E-state index contributed by atoms with van der Waals surface area (Å²) >= 11 is 2.79. The zero-order valence-corrected chi connectivity index (χ0v) is 23.3. The SMILES string of the molecule is Cc1ccc(CC(=O)Nc2nnc([C@H]3CCC[C@H](c4nnc(NC(=O)Cc5ccc(NC=O)cn5)s4)C3)s2)nc1. The number of aryl methyl sites for hydroxylation is 1. The van der Waals surface area contributed by atoms with Crippen LogP contribution >= 0.6 is 22.7 Å². The van der Waals surface area contributed by atoms with Crippen molar-refractivity contribution in [3.63, 3.8) is 0 Å². The van der Waals surface area contributed by atoms with Crippen LogP contribution in [0.4, 0.5) is 16.0 Å². The molecule has 0 radical (unpaired) electrons. The lowest BCUT2D eigenvalue weighted by Gasteiger charge is -2.25. The smallest absolute Gasteiger partial charge is 0.232 e. The molecule has 0 aromatic carbocycles. The van der Waals surface area contributed by atoms with E-state index >= 15 is 0 Å². The van der Waals surface area contributed by atoms with Gasteiger partial charge in [0.2, 0.25) is 28.5 Å². The molecule has 4 aromatic heterocycles. The van der Waals surface area contributed by atoms with Crippen LogP contribution in [0.1, 0.15) is 64.5 Å². The summed E-state index contributed by atoms with van der Waals surface area (Å²) in [6.45, 7) is 1.95. The third-order valence-corrected chi connectivity index (χ3v) is 8.46. The van der Waals surface area contributed by atoms with Gasteiger partial charge in [0.1, 0.15) is 10.0 Å². The molecule has 3 N–H and O–H groups in total. The summed E-state index contributed by atoms with van der Waals surface area (Å²) in [5.41, 5.74) is 2.88. The molecule has 0 saturated heterocycles. The molecule has 12 nitrogen and oxygen atoms in total. The molecular weight excluding hydrogens is 550 g/mol. The molecule has 5 rings (SSSR count). The fraction of sp³-hybridized carbons (Fsp3) is 0.346. The van der Waals surface area contributed by atoms with Crippen LogP contribution < -0.4 is 16.0 Å². The maximum atomic E-state index is 12.5. The van der Waals surface area contributed by atoms with E-state index in [4.69, 9.17) is 0 Å². The highest BCUT2D eigenvalue weighted by atomic mass is 32.1. The number of amides is 3. The van der Waals surface area contributed by atoms with Crippen LogP contribution in [0.15, 0.2) is 36.7 Å². The van der Waals surface area contributed by atoms with E-state index in [1.807, 2.05) is 19.1 Å². The molecule has 0 aliphatic heterocycles. The lowest BCUT2D eigenvalue weighted by molar-refractivity contribution is -0.116. The molecule has 206 valence electrons. The van der Waals surface area contributed by atoms with Crippen molar-refractivity contribution in [2.45, 2.75) is 57.3 Å². The molecule has 4 aromatic rings. The van der Waals surface area contributed by atoms with Gasteiger partial charge in [-0.2, -0.15) is 0 Å². The van der Waals surface area contributed by atoms with Gasteiger partial charge in [0.05, 0.1) is 24.7 Å². The fourth-order valence-electron chi connectivity index (χ4n) is 4.48. The normalized spacial score (nSPS) is 16.7. The van der Waals surface area contributed by atoms with E-state index in [1.165, 1.54) is 28.9 Å². The van der Waals surface area contributed by atoms with E-state index < -0.39 is 0 Å². The summed E-state index contributed by atoms with van der Waals surface area (Å²) in [5.74, 6) is 0.00229. The molecular formula is C26H27N9O3S2. The fourth-order valence-corrected chi connectivity index (χ4v) is 6.29. The van der Waals surface area contributed by atoms with Crippen LogP contribution in [0.5, 0.6) is 0 Å². The molecule has 0 bridgehead atoms. The number of nitrogens with one attached hydrogen (secondary N) is 3. The van der Waals surface area contributed by atoms with Gasteiger partial charge >= 0.3 is 0 Å². The van der Waals surface area contributed by atoms with E-state index in [0.29, 0.717) is 33.7 Å². The van der Waals surface area contributed by atoms with Gasteiger partial charge in [-0.1, -0.05) is 35.2 Å². The van der Waals surface area contributed by atoms with Crippen LogP contribution in [0.2, 0.25) is 0 Å². The van der Waals surface area contributed by atoms with Crippen molar-refractivity contribution < 1.29 is 14.4 Å². The number of carbonyl (C=O) groups excluding carboxylic acids is 3. The third kappa shape index (κ3) is 7.27. The molecule has 0 spiro atoms. The summed E-state index contributed by atoms with van der Waals surface area (Å²) in [5, 5.41) is 27.9. The Balaban J connectivity index is 1.13. The lowest BCUT2D eigenvalue weighted by Crippen LogP contribution is -2.15. The Bertz CT molecular complexity index is 1470. The summed E-state index contributed by atoms with van der Waals surface area (Å²) in [6.07, 6.45) is 7.91. The first-order valence-corrected chi connectivity index (χ1v) is 14.4. The first kappa shape index (κ1) is 27.4. The minimum atomic E-state index is -0.241. The molecule has 14 heteroatoms. The van der Waals surface area contributed by atoms with Gasteiger partial charge in [-0.25, -0.2) is 0 Å². The first-order valence-electron chi connectivity index (χ1n) is 12.8. The molecule has 0 unspecified atom stereocenters. The van der Waals surface area contributed by atoms with E-state index in [2.05, 4.69) is 46.3 Å². The molecule has 1 aliphatic carbocycles. The van der Waals surface area contributed by atoms with Crippen LogP contribution in [0, 0.1) is 6.92 Å². The van der Waals surface area contributed by atoms with Gasteiger partial charge in [0.15, 0.2) is 0 Å². The Hall–Kier alpha value is -4.17. The molecule has 1 aliphatic rings. The van der Waals surface area contributed by atoms with Crippen LogP contribution in [-0.2, 0) is 27.2 Å². The zero-order valence-electron chi connectivity index (χ0n) is 21.7. The minimum absolute atomic E-state index is 0.0826. The average Bonchev–Trinajstić information content (AvgIpc) is 3.61. The van der Waals surface area contributed by atoms with Crippen LogP contribution in [0.3, 0.4) is 0 Å². The summed E-state index contributed by atoms with van der Waals surface area (Å²) in [6, 6.07) is 7.15. The van der Waals surface area contributed by atoms with Crippen molar-refractivity contribution in [2.75, 3.05) is 16.0 Å². The van der Waals surface area contributed by atoms with Crippen LogP contribution in [-0.4, -0.2) is 48.6 Å². The Morgan fingerprint density at radius 2 is 1.43 bits per heavy atom. The Morgan fingerprint density at radius 3 is 1.93 bits per heavy atom. The number of anilines is 3. The average molecular weight is 578 g/mol. The Kier molecular flexibility index (Phi) is 8.76. The van der Waals surface area contributed by atoms with Gasteiger partial charge in [-0.05, 0) is 49.9 Å². The van der Waals surface area contributed by atoms with Gasteiger partial charge in [-0.15, -0.1) is 20.4 Å². The summed E-state index contributed by atoms with van der Waals surface area (Å²) in [7, 11) is 0. The van der Waals surface area contributed by atoms with E-state index in [0.717, 1.165) is 41.3 Å². The largest absolute Gasteiger partial charge is 0.327 e. The van der Waals surface area contributed by atoms with Crippen molar-refractivity contribution in [2.24, 2.45) is 0 Å². The van der Waals surface area contributed by atoms with Crippen molar-refractivity contribution >= 4 is 56.8 Å². The zero-order chi connectivity index (χ0) is 27.9. The molecule has 1 saturated carbocycles. The molecule has 3 amide bonds. The van der Waals surface area contributed by atoms with Gasteiger partial charge in [-0.3, -0.25) is 24.4 Å². The van der Waals surface area contributed by atoms with Crippen molar-refractivity contribution in [3.05, 3.63) is 63.6 Å². The topological polar surface area (TPSA) is 165 Å². The van der Waals surface area contributed by atoms with Gasteiger partial charge in [0.25, 0.3) is 0 Å². The van der Waals surface area contributed by atoms with E-state index in [-0.39, 0.29) is 36.5 Å². The molecule has 2 atom stereocenters. The van der Waals surface area contributed by atoms with Crippen molar-refractivity contribution in [1.82, 2.24) is 30.4 Å². The molecule has 1 fully saturated rings. The summed E-state index contributed by atoms with van der Waals surface area (Å²) < 4.78 is 0. The van der Waals surface area contributed by atoms with E-state index in [1.54, 1.807) is 18.3 Å². The predicted octanol–water partition coefficient (Wildman–Crippen LogP) is 3.86. The number of aromatic nitrogens is 6. The van der Waals surface area contributed by atoms with Crippen molar-refractivity contribution in [3.8, 4) is 0 Å². The van der Waals surface area contributed by atoms with E-state index in [9.17, 15) is 14.4 Å². The predicted molar refractivity (Wildman–Crippen MR) is 151 cm³/mol. The second kappa shape index (κ2) is 12.8. The lowest BCUT2D eigenvalue weighted by atomic mass is 9.82. The molecule has 40 heavy (non-hydrogen) atoms. The standard InChI is InChI=1S/C26H27N9O3S2/c1-15-5-6-18(27-12-15)10-21(37)30-25-34-32-23(39-25)16-3-2-4-17(9-16)24-33-35-26(40-24)31-22(38)11-19-7-8-20(13-28-19)29-14-36/h5-8,12-14,16-17H,2-4,9-11H2,1H3,(H,29,36)(H,30,34,37)(H,31,35,38)/t16-,17-/m0/s1. The van der Waals surface area contributed by atoms with Gasteiger partial charge < -0.3 is 16.0 Å². The second-order valence-corrected chi connectivity index (χ2v) is 11.5. The quantitative estimate of drug-likeness (QED) is 0.237. The number of pyridine rings is 2. The number of hydrogen-bond acceptors (Lipinski definition) is 11. The number of rotatable bonds is 10. The van der Waals surface area contributed by atoms with Gasteiger partial charge in [0, 0.05) is 29.4 Å². The second-order valence-electron chi connectivity index (χ2n) is 9.53. The monoisotopic (exact) mass is 577 g/mol.